The number of hydrogen-bond acceptors (Lipinski definition) is 5. The normalized spacial score (nSPS) is 10.8. The molecule has 10 heteroatoms. The number of nitrogen functional groups attached to an aromatic ring is 1. The molecule has 0 saturated carbocycles. The molecule has 0 spiro atoms. The zero-order valence-electron chi connectivity index (χ0n) is 18.5. The van der Waals surface area contributed by atoms with E-state index in [0.717, 1.165) is 11.3 Å². The summed E-state index contributed by atoms with van der Waals surface area (Å²) in [7, 11) is 3.35. The fourth-order valence-electron chi connectivity index (χ4n) is 3.21. The number of guanidine groups is 1. The van der Waals surface area contributed by atoms with E-state index in [0.29, 0.717) is 48.8 Å². The lowest BCUT2D eigenvalue weighted by Gasteiger charge is -2.12. The molecule has 0 amide bonds. The third-order valence-corrected chi connectivity index (χ3v) is 4.88. The van der Waals surface area contributed by atoms with Crippen LogP contribution in [0.2, 0.25) is 0 Å². The lowest BCUT2D eigenvalue weighted by Crippen LogP contribution is -2.37. The van der Waals surface area contributed by atoms with E-state index < -0.39 is 0 Å². The highest BCUT2D eigenvalue weighted by Gasteiger charge is 2.16. The topological polar surface area (TPSA) is 113 Å². The Bertz CT molecular complexity index is 1120. The van der Waals surface area contributed by atoms with Crippen LogP contribution in [0.15, 0.2) is 53.5 Å². The minimum Gasteiger partial charge on any atom is -0.497 e. The lowest BCUT2D eigenvalue weighted by atomic mass is 10.1. The van der Waals surface area contributed by atoms with Gasteiger partial charge in [-0.2, -0.15) is 10.4 Å². The molecule has 0 aliphatic heterocycles. The molecule has 8 nitrogen and oxygen atoms in total. The molecule has 0 aliphatic rings. The van der Waals surface area contributed by atoms with Gasteiger partial charge in [-0.15, -0.1) is 24.0 Å². The van der Waals surface area contributed by atoms with Crippen LogP contribution in [0.3, 0.4) is 0 Å². The van der Waals surface area contributed by atoms with E-state index in [4.69, 9.17) is 10.5 Å². The van der Waals surface area contributed by atoms with Crippen LogP contribution in [0.1, 0.15) is 23.2 Å². The smallest absolute Gasteiger partial charge is 0.191 e. The Balaban J connectivity index is 0.00000385. The second-order valence-electron chi connectivity index (χ2n) is 7.01. The van der Waals surface area contributed by atoms with Crippen molar-refractivity contribution in [3.05, 3.63) is 71.2 Å². The largest absolute Gasteiger partial charge is 0.497 e. The van der Waals surface area contributed by atoms with Gasteiger partial charge in [0.2, 0.25) is 0 Å². The van der Waals surface area contributed by atoms with Gasteiger partial charge in [-0.25, -0.2) is 9.07 Å². The van der Waals surface area contributed by atoms with Crippen molar-refractivity contribution in [2.45, 2.75) is 19.4 Å². The number of ether oxygens (including phenoxy) is 1. The van der Waals surface area contributed by atoms with Crippen molar-refractivity contribution in [1.29, 1.82) is 5.26 Å². The Kier molecular flexibility index (Phi) is 9.93. The van der Waals surface area contributed by atoms with E-state index in [1.54, 1.807) is 26.3 Å². The number of nitriles is 1. The summed E-state index contributed by atoms with van der Waals surface area (Å²) in [6.45, 7) is 1.24. The van der Waals surface area contributed by atoms with E-state index in [1.165, 1.54) is 16.8 Å². The minimum absolute atomic E-state index is 0. The highest BCUT2D eigenvalue weighted by molar-refractivity contribution is 14.0. The van der Waals surface area contributed by atoms with Crippen LogP contribution in [-0.2, 0) is 13.0 Å². The molecule has 33 heavy (non-hydrogen) atoms. The van der Waals surface area contributed by atoms with Crippen LogP contribution in [0.25, 0.3) is 5.69 Å². The summed E-state index contributed by atoms with van der Waals surface area (Å²) in [5.41, 5.74) is 8.73. The van der Waals surface area contributed by atoms with Gasteiger partial charge in [-0.3, -0.25) is 4.99 Å². The Morgan fingerprint density at radius 3 is 2.67 bits per heavy atom. The maximum Gasteiger partial charge on any atom is 0.191 e. The fraction of sp³-hybridized carbons (Fsp3) is 0.261. The summed E-state index contributed by atoms with van der Waals surface area (Å²) < 4.78 is 19.9. The SMILES string of the molecule is CN=C(NCCCc1nn(-c2ccc(F)cc2)c(N)c1C#N)NCc1cccc(OC)c1.I. The number of nitrogens with zero attached hydrogens (tertiary/aromatic N) is 4. The van der Waals surface area contributed by atoms with E-state index in [9.17, 15) is 9.65 Å². The molecule has 1 aromatic heterocycles. The second kappa shape index (κ2) is 12.6. The summed E-state index contributed by atoms with van der Waals surface area (Å²) >= 11 is 0. The van der Waals surface area contributed by atoms with Crippen molar-refractivity contribution in [2.75, 3.05) is 26.4 Å². The summed E-state index contributed by atoms with van der Waals surface area (Å²) in [6.07, 6.45) is 1.27. The number of aryl methyl sites for hydroxylation is 1. The lowest BCUT2D eigenvalue weighted by molar-refractivity contribution is 0.414. The van der Waals surface area contributed by atoms with Gasteiger partial charge in [-0.1, -0.05) is 12.1 Å². The summed E-state index contributed by atoms with van der Waals surface area (Å²) in [5, 5.41) is 20.5. The van der Waals surface area contributed by atoms with Gasteiger partial charge in [-0.05, 0) is 54.8 Å². The van der Waals surface area contributed by atoms with Gasteiger partial charge in [0.05, 0.1) is 18.5 Å². The van der Waals surface area contributed by atoms with Gasteiger partial charge in [0, 0.05) is 20.1 Å². The van der Waals surface area contributed by atoms with Crippen LogP contribution in [0.4, 0.5) is 10.2 Å². The molecule has 0 atom stereocenters. The van der Waals surface area contributed by atoms with Crippen LogP contribution in [-0.4, -0.2) is 36.4 Å². The third kappa shape index (κ3) is 6.82. The molecule has 0 fully saturated rings. The molecule has 0 saturated heterocycles. The highest BCUT2D eigenvalue weighted by Crippen LogP contribution is 2.21. The Morgan fingerprint density at radius 2 is 2.00 bits per heavy atom. The Morgan fingerprint density at radius 1 is 1.24 bits per heavy atom. The standard InChI is InChI=1S/C23H26FN7O.HI/c1-27-23(29-15-16-5-3-6-19(13-16)32-2)28-12-4-7-21-20(14-25)22(26)31(30-21)18-10-8-17(24)9-11-18;/h3,5-6,8-11,13H,4,7,12,15,26H2,1-2H3,(H2,27,28,29);1H. The van der Waals surface area contributed by atoms with E-state index in [2.05, 4.69) is 26.8 Å². The highest BCUT2D eigenvalue weighted by atomic mass is 127. The van der Waals surface area contributed by atoms with E-state index in [-0.39, 0.29) is 35.6 Å². The van der Waals surface area contributed by atoms with Crippen molar-refractivity contribution < 1.29 is 9.13 Å². The molecule has 0 bridgehead atoms. The summed E-state index contributed by atoms with van der Waals surface area (Å²) in [4.78, 5) is 4.23. The monoisotopic (exact) mass is 563 g/mol. The number of aliphatic imine (C=N–C) groups is 1. The average molecular weight is 563 g/mol. The van der Waals surface area contributed by atoms with E-state index >= 15 is 0 Å². The van der Waals surface area contributed by atoms with Crippen molar-refractivity contribution in [3.8, 4) is 17.5 Å². The van der Waals surface area contributed by atoms with Gasteiger partial charge in [0.15, 0.2) is 5.96 Å². The molecule has 0 unspecified atom stereocenters. The third-order valence-electron chi connectivity index (χ3n) is 4.88. The number of rotatable bonds is 8. The van der Waals surface area contributed by atoms with Crippen LogP contribution in [0, 0.1) is 17.1 Å². The quantitative estimate of drug-likeness (QED) is 0.168. The number of nitrogens with one attached hydrogen (secondary N) is 2. The Hall–Kier alpha value is -3.33. The first kappa shape index (κ1) is 25.9. The average Bonchev–Trinajstić information content (AvgIpc) is 3.14. The second-order valence-corrected chi connectivity index (χ2v) is 7.01. The molecule has 174 valence electrons. The van der Waals surface area contributed by atoms with Crippen LogP contribution < -0.4 is 21.1 Å². The molecule has 1 heterocycles. The number of halogens is 2. The molecule has 0 radical (unpaired) electrons. The predicted molar refractivity (Wildman–Crippen MR) is 138 cm³/mol. The van der Waals surface area contributed by atoms with Gasteiger partial charge in [0.1, 0.15) is 29.0 Å². The zero-order chi connectivity index (χ0) is 22.9. The van der Waals surface area contributed by atoms with Crippen molar-refractivity contribution in [1.82, 2.24) is 20.4 Å². The van der Waals surface area contributed by atoms with Gasteiger partial charge >= 0.3 is 0 Å². The fourth-order valence-corrected chi connectivity index (χ4v) is 3.21. The number of anilines is 1. The first-order valence-corrected chi connectivity index (χ1v) is 10.2. The molecule has 3 rings (SSSR count). The van der Waals surface area contributed by atoms with Gasteiger partial charge in [0.25, 0.3) is 0 Å². The number of aromatic nitrogens is 2. The van der Waals surface area contributed by atoms with Crippen LogP contribution in [0.5, 0.6) is 5.75 Å². The van der Waals surface area contributed by atoms with Crippen molar-refractivity contribution >= 4 is 35.8 Å². The number of hydrogen-bond donors (Lipinski definition) is 3. The minimum atomic E-state index is -0.348. The maximum atomic E-state index is 13.2. The molecular weight excluding hydrogens is 536 g/mol. The first-order valence-electron chi connectivity index (χ1n) is 10.2. The number of methoxy groups -OCH3 is 1. The van der Waals surface area contributed by atoms with Gasteiger partial charge < -0.3 is 21.1 Å². The maximum absolute atomic E-state index is 13.2. The zero-order valence-corrected chi connectivity index (χ0v) is 20.8. The van der Waals surface area contributed by atoms with Crippen molar-refractivity contribution in [2.24, 2.45) is 4.99 Å². The van der Waals surface area contributed by atoms with Crippen molar-refractivity contribution in [3.63, 3.8) is 0 Å². The molecule has 4 N–H and O–H groups in total. The first-order chi connectivity index (χ1) is 15.5. The predicted octanol–water partition coefficient (Wildman–Crippen LogP) is 3.39. The molecule has 0 aliphatic carbocycles. The summed E-state index contributed by atoms with van der Waals surface area (Å²) in [6, 6.07) is 15.7. The molecule has 3 aromatic rings. The molecule has 2 aromatic carbocycles. The molecular formula is C23H27FIN7O. The summed E-state index contributed by atoms with van der Waals surface area (Å²) in [5.74, 6) is 1.38. The number of nitrogens with two attached hydrogens (primary N) is 1. The van der Waals surface area contributed by atoms with E-state index in [1.807, 2.05) is 24.3 Å². The van der Waals surface area contributed by atoms with Crippen LogP contribution >= 0.6 is 24.0 Å². The Labute approximate surface area is 209 Å². The number of benzene rings is 2.